The smallest absolute Gasteiger partial charge is 0.257 e. The number of halogens is 1. The summed E-state index contributed by atoms with van der Waals surface area (Å²) in [6.07, 6.45) is 1.74. The molecule has 0 spiro atoms. The highest BCUT2D eigenvalue weighted by Crippen LogP contribution is 2.25. The first kappa shape index (κ1) is 20.6. The maximum atomic E-state index is 13.4. The molecule has 8 heteroatoms. The fraction of sp³-hybridized carbons (Fsp3) is 0.120. The second kappa shape index (κ2) is 8.31. The van der Waals surface area contributed by atoms with Gasteiger partial charge in [-0.2, -0.15) is 10.2 Å². The third-order valence-electron chi connectivity index (χ3n) is 5.30. The summed E-state index contributed by atoms with van der Waals surface area (Å²) in [4.78, 5) is 17.9. The van der Waals surface area contributed by atoms with Crippen molar-refractivity contribution in [1.82, 2.24) is 24.5 Å². The van der Waals surface area contributed by atoms with E-state index >= 15 is 0 Å². The van der Waals surface area contributed by atoms with Crippen LogP contribution in [0.3, 0.4) is 0 Å². The quantitative estimate of drug-likeness (QED) is 0.431. The van der Waals surface area contributed by atoms with Crippen LogP contribution in [0.15, 0.2) is 72.9 Å². The third kappa shape index (κ3) is 4.10. The molecule has 0 aliphatic heterocycles. The SMILES string of the molecule is Cc1cc(C(=O)Nc2ccn(Cc3cccc(F)c3)n2)c2c(C)nn(-c3ccccc3)c2n1. The van der Waals surface area contributed by atoms with Gasteiger partial charge in [0, 0.05) is 18.0 Å². The fourth-order valence-corrected chi connectivity index (χ4v) is 3.86. The minimum Gasteiger partial charge on any atom is -0.305 e. The highest BCUT2D eigenvalue weighted by molar-refractivity contribution is 6.12. The van der Waals surface area contributed by atoms with Gasteiger partial charge in [0.05, 0.1) is 28.9 Å². The molecule has 0 aliphatic rings. The second-order valence-electron chi connectivity index (χ2n) is 7.83. The van der Waals surface area contributed by atoms with Crippen molar-refractivity contribution in [2.45, 2.75) is 20.4 Å². The molecule has 5 aromatic rings. The van der Waals surface area contributed by atoms with Gasteiger partial charge >= 0.3 is 0 Å². The summed E-state index contributed by atoms with van der Waals surface area (Å²) < 4.78 is 16.8. The molecule has 2 aromatic carbocycles. The molecule has 0 aliphatic carbocycles. The van der Waals surface area contributed by atoms with Crippen molar-refractivity contribution in [3.63, 3.8) is 0 Å². The average Bonchev–Trinajstić information content (AvgIpc) is 3.37. The average molecular weight is 440 g/mol. The Balaban J connectivity index is 1.45. The van der Waals surface area contributed by atoms with Gasteiger partial charge in [0.25, 0.3) is 5.91 Å². The molecule has 3 aromatic heterocycles. The zero-order valence-electron chi connectivity index (χ0n) is 18.2. The van der Waals surface area contributed by atoms with E-state index in [0.717, 1.165) is 11.3 Å². The molecule has 0 saturated heterocycles. The number of aryl methyl sites for hydroxylation is 2. The number of para-hydroxylation sites is 1. The van der Waals surface area contributed by atoms with Gasteiger partial charge in [0.2, 0.25) is 0 Å². The van der Waals surface area contributed by atoms with Gasteiger partial charge < -0.3 is 5.32 Å². The Labute approximate surface area is 189 Å². The Bertz CT molecular complexity index is 1470. The number of anilines is 1. The van der Waals surface area contributed by atoms with Crippen LogP contribution in [-0.2, 0) is 6.54 Å². The van der Waals surface area contributed by atoms with Crippen molar-refractivity contribution in [2.24, 2.45) is 0 Å². The fourth-order valence-electron chi connectivity index (χ4n) is 3.86. The number of amides is 1. The number of benzene rings is 2. The molecule has 1 N–H and O–H groups in total. The zero-order valence-corrected chi connectivity index (χ0v) is 18.2. The molecule has 0 atom stereocenters. The van der Waals surface area contributed by atoms with Crippen molar-refractivity contribution in [3.05, 3.63) is 101 Å². The van der Waals surface area contributed by atoms with Crippen LogP contribution < -0.4 is 5.32 Å². The second-order valence-corrected chi connectivity index (χ2v) is 7.83. The van der Waals surface area contributed by atoms with Crippen LogP contribution in [0.5, 0.6) is 0 Å². The number of fused-ring (bicyclic) bond motifs is 1. The van der Waals surface area contributed by atoms with E-state index in [-0.39, 0.29) is 11.7 Å². The molecule has 1 amide bonds. The zero-order chi connectivity index (χ0) is 22.9. The topological polar surface area (TPSA) is 77.6 Å². The van der Waals surface area contributed by atoms with Crippen LogP contribution in [0.25, 0.3) is 16.7 Å². The largest absolute Gasteiger partial charge is 0.305 e. The molecule has 0 fully saturated rings. The van der Waals surface area contributed by atoms with Crippen LogP contribution >= 0.6 is 0 Å². The predicted molar refractivity (Wildman–Crippen MR) is 124 cm³/mol. The lowest BCUT2D eigenvalue weighted by atomic mass is 10.1. The molecule has 7 nitrogen and oxygen atoms in total. The molecule has 5 rings (SSSR count). The van der Waals surface area contributed by atoms with E-state index < -0.39 is 0 Å². The van der Waals surface area contributed by atoms with E-state index in [1.54, 1.807) is 33.8 Å². The van der Waals surface area contributed by atoms with E-state index in [1.807, 2.05) is 50.2 Å². The number of carbonyl (C=O) groups excluding carboxylic acids is 1. The first-order valence-corrected chi connectivity index (χ1v) is 10.5. The van der Waals surface area contributed by atoms with Crippen LogP contribution in [0.1, 0.15) is 27.3 Å². The molecule has 33 heavy (non-hydrogen) atoms. The summed E-state index contributed by atoms with van der Waals surface area (Å²) in [6.45, 7) is 4.11. The van der Waals surface area contributed by atoms with Crippen LogP contribution in [0.4, 0.5) is 10.2 Å². The predicted octanol–water partition coefficient (Wildman–Crippen LogP) is 4.67. The number of carbonyl (C=O) groups is 1. The van der Waals surface area contributed by atoms with Gasteiger partial charge in [-0.15, -0.1) is 0 Å². The van der Waals surface area contributed by atoms with E-state index in [4.69, 9.17) is 0 Å². The first-order chi connectivity index (χ1) is 16.0. The number of nitrogens with zero attached hydrogens (tertiary/aromatic N) is 5. The number of hydrogen-bond donors (Lipinski definition) is 1. The standard InChI is InChI=1S/C25H21FN6O/c1-16-13-21(23-17(2)29-32(24(23)27-16)20-9-4-3-5-10-20)25(33)28-22-11-12-31(30-22)15-18-7-6-8-19(26)14-18/h3-14H,15H2,1-2H3,(H,28,30,33). The van der Waals surface area contributed by atoms with Crippen LogP contribution in [0.2, 0.25) is 0 Å². The van der Waals surface area contributed by atoms with Crippen molar-refractivity contribution < 1.29 is 9.18 Å². The Kier molecular flexibility index (Phi) is 5.18. The maximum absolute atomic E-state index is 13.4. The molecular weight excluding hydrogens is 419 g/mol. The molecule has 0 saturated carbocycles. The lowest BCUT2D eigenvalue weighted by Crippen LogP contribution is -2.14. The summed E-state index contributed by atoms with van der Waals surface area (Å²) in [6, 6.07) is 19.5. The van der Waals surface area contributed by atoms with Crippen LogP contribution in [0, 0.1) is 19.7 Å². The van der Waals surface area contributed by atoms with Gasteiger partial charge in [0.1, 0.15) is 5.82 Å². The first-order valence-electron chi connectivity index (χ1n) is 10.5. The summed E-state index contributed by atoms with van der Waals surface area (Å²) >= 11 is 0. The number of hydrogen-bond acceptors (Lipinski definition) is 4. The minimum absolute atomic E-state index is 0.294. The molecule has 164 valence electrons. The lowest BCUT2D eigenvalue weighted by Gasteiger charge is -2.07. The summed E-state index contributed by atoms with van der Waals surface area (Å²) in [7, 11) is 0. The van der Waals surface area contributed by atoms with E-state index in [9.17, 15) is 9.18 Å². The van der Waals surface area contributed by atoms with E-state index in [0.29, 0.717) is 40.3 Å². The number of pyridine rings is 1. The van der Waals surface area contributed by atoms with Crippen molar-refractivity contribution >= 4 is 22.8 Å². The molecule has 3 heterocycles. The minimum atomic E-state index is -0.295. The number of aromatic nitrogens is 5. The third-order valence-corrected chi connectivity index (χ3v) is 5.30. The molecule has 0 bridgehead atoms. The van der Waals surface area contributed by atoms with Crippen LogP contribution in [-0.4, -0.2) is 30.5 Å². The van der Waals surface area contributed by atoms with E-state index in [2.05, 4.69) is 20.5 Å². The maximum Gasteiger partial charge on any atom is 0.257 e. The van der Waals surface area contributed by atoms with E-state index in [1.165, 1.54) is 12.1 Å². The Morgan fingerprint density at radius 1 is 1.00 bits per heavy atom. The summed E-state index contributed by atoms with van der Waals surface area (Å²) in [5.74, 6) is -0.180. The van der Waals surface area contributed by atoms with Crippen molar-refractivity contribution in [3.8, 4) is 5.69 Å². The van der Waals surface area contributed by atoms with Gasteiger partial charge in [0.15, 0.2) is 11.5 Å². The highest BCUT2D eigenvalue weighted by atomic mass is 19.1. The van der Waals surface area contributed by atoms with Crippen molar-refractivity contribution in [1.29, 1.82) is 0 Å². The Morgan fingerprint density at radius 3 is 2.61 bits per heavy atom. The van der Waals surface area contributed by atoms with Crippen molar-refractivity contribution in [2.75, 3.05) is 5.32 Å². The number of nitrogens with one attached hydrogen (secondary N) is 1. The monoisotopic (exact) mass is 440 g/mol. The highest BCUT2D eigenvalue weighted by Gasteiger charge is 2.20. The lowest BCUT2D eigenvalue weighted by molar-refractivity contribution is 0.102. The van der Waals surface area contributed by atoms with Gasteiger partial charge in [-0.25, -0.2) is 14.1 Å². The Morgan fingerprint density at radius 2 is 1.82 bits per heavy atom. The van der Waals surface area contributed by atoms with Gasteiger partial charge in [-0.05, 0) is 49.7 Å². The molecule has 0 unspecified atom stereocenters. The van der Waals surface area contributed by atoms with Gasteiger partial charge in [-0.1, -0.05) is 30.3 Å². The molecule has 0 radical (unpaired) electrons. The molecular formula is C25H21FN6O. The summed E-state index contributed by atoms with van der Waals surface area (Å²) in [5.41, 5.74) is 4.18. The summed E-state index contributed by atoms with van der Waals surface area (Å²) in [5, 5.41) is 12.6. The normalized spacial score (nSPS) is 11.1. The van der Waals surface area contributed by atoms with Gasteiger partial charge in [-0.3, -0.25) is 9.48 Å². The number of rotatable bonds is 5. The Hall–Kier alpha value is -4.33.